The average Bonchev–Trinajstić information content (AvgIpc) is 3.09. The topological polar surface area (TPSA) is 93.7 Å². The average molecular weight is 340 g/mol. The summed E-state index contributed by atoms with van der Waals surface area (Å²) < 4.78 is 6.69. The van der Waals surface area contributed by atoms with Gasteiger partial charge in [0.25, 0.3) is 0 Å². The van der Waals surface area contributed by atoms with Gasteiger partial charge in [-0.15, -0.1) is 5.10 Å². The number of nitriles is 1. The molecule has 8 heteroatoms. The molecule has 2 aromatic heterocycles. The van der Waals surface area contributed by atoms with Crippen molar-refractivity contribution in [2.45, 2.75) is 6.61 Å². The van der Waals surface area contributed by atoms with Gasteiger partial charge in [-0.2, -0.15) is 5.26 Å². The van der Waals surface area contributed by atoms with E-state index in [0.717, 1.165) is 5.69 Å². The van der Waals surface area contributed by atoms with Crippen molar-refractivity contribution >= 4 is 17.6 Å². The minimum Gasteiger partial charge on any atom is -0.454 e. The molecule has 0 amide bonds. The number of halogens is 1. The molecule has 7 nitrogen and oxygen atoms in total. The fourth-order valence-electron chi connectivity index (χ4n) is 1.88. The van der Waals surface area contributed by atoms with Crippen LogP contribution >= 0.6 is 11.6 Å². The molecule has 3 aromatic rings. The predicted molar refractivity (Wildman–Crippen MR) is 84.4 cm³/mol. The number of pyridine rings is 1. The molecule has 0 N–H and O–H groups in total. The van der Waals surface area contributed by atoms with E-state index in [1.54, 1.807) is 35.1 Å². The highest BCUT2D eigenvalue weighted by molar-refractivity contribution is 6.30. The van der Waals surface area contributed by atoms with Crippen molar-refractivity contribution in [1.82, 2.24) is 20.0 Å². The van der Waals surface area contributed by atoms with Gasteiger partial charge >= 0.3 is 5.97 Å². The van der Waals surface area contributed by atoms with Crippen LogP contribution in [0.25, 0.3) is 5.69 Å². The van der Waals surface area contributed by atoms with Crippen LogP contribution in [0, 0.1) is 11.3 Å². The first-order valence-electron chi connectivity index (χ1n) is 6.86. The summed E-state index contributed by atoms with van der Waals surface area (Å²) in [5.74, 6) is -0.597. The number of nitrogens with zero attached hydrogens (tertiary/aromatic N) is 5. The van der Waals surface area contributed by atoms with E-state index in [4.69, 9.17) is 21.6 Å². The summed E-state index contributed by atoms with van der Waals surface area (Å²) in [6.07, 6.45) is 2.97. The summed E-state index contributed by atoms with van der Waals surface area (Å²) in [7, 11) is 0. The maximum Gasteiger partial charge on any atom is 0.357 e. The lowest BCUT2D eigenvalue weighted by molar-refractivity contribution is 0.0460. The van der Waals surface area contributed by atoms with Crippen molar-refractivity contribution in [3.63, 3.8) is 0 Å². The fraction of sp³-hybridized carbons (Fsp3) is 0.0625. The van der Waals surface area contributed by atoms with Gasteiger partial charge in [-0.1, -0.05) is 16.8 Å². The fourth-order valence-corrected chi connectivity index (χ4v) is 2.00. The van der Waals surface area contributed by atoms with E-state index in [1.807, 2.05) is 6.07 Å². The molecule has 24 heavy (non-hydrogen) atoms. The summed E-state index contributed by atoms with van der Waals surface area (Å²) in [6.45, 7) is -0.0336. The molecular formula is C16H10ClN5O2. The van der Waals surface area contributed by atoms with Crippen LogP contribution in [0.4, 0.5) is 0 Å². The summed E-state index contributed by atoms with van der Waals surface area (Å²) in [6, 6.07) is 12.0. The summed E-state index contributed by atoms with van der Waals surface area (Å²) >= 11 is 5.84. The molecule has 118 valence electrons. The van der Waals surface area contributed by atoms with Crippen LogP contribution in [0.15, 0.2) is 48.8 Å². The number of aromatic nitrogens is 4. The van der Waals surface area contributed by atoms with Gasteiger partial charge in [0, 0.05) is 11.2 Å². The third-order valence-corrected chi connectivity index (χ3v) is 3.34. The van der Waals surface area contributed by atoms with E-state index in [1.165, 1.54) is 18.3 Å². The number of benzene rings is 1. The molecule has 0 bridgehead atoms. The van der Waals surface area contributed by atoms with Crippen LogP contribution in [-0.4, -0.2) is 25.9 Å². The summed E-state index contributed by atoms with van der Waals surface area (Å²) in [4.78, 5) is 15.8. The predicted octanol–water partition coefficient (Wildman–Crippen LogP) is 2.54. The molecule has 0 aliphatic carbocycles. The molecule has 0 radical (unpaired) electrons. The SMILES string of the molecule is N#Cc1ccc(C(=O)OCc2cn(-c3ccc(Cl)cc3)nn2)nc1. The Labute approximate surface area is 142 Å². The van der Waals surface area contributed by atoms with Gasteiger partial charge in [-0.25, -0.2) is 14.5 Å². The van der Waals surface area contributed by atoms with Crippen molar-refractivity contribution < 1.29 is 9.53 Å². The lowest BCUT2D eigenvalue weighted by Crippen LogP contribution is -2.07. The van der Waals surface area contributed by atoms with Crippen molar-refractivity contribution in [2.24, 2.45) is 0 Å². The molecule has 2 heterocycles. The number of esters is 1. The number of rotatable bonds is 4. The van der Waals surface area contributed by atoms with Crippen LogP contribution in [-0.2, 0) is 11.3 Å². The van der Waals surface area contributed by atoms with Gasteiger partial charge in [0.1, 0.15) is 24.1 Å². The maximum atomic E-state index is 11.9. The third-order valence-electron chi connectivity index (χ3n) is 3.08. The van der Waals surface area contributed by atoms with E-state index < -0.39 is 5.97 Å². The molecule has 0 atom stereocenters. The standard InChI is InChI=1S/C16H10ClN5O2/c17-12-2-4-14(5-3-12)22-9-13(20-21-22)10-24-16(23)15-6-1-11(7-18)8-19-15/h1-6,8-9H,10H2. The molecule has 0 unspecified atom stereocenters. The Morgan fingerprint density at radius 3 is 2.71 bits per heavy atom. The van der Waals surface area contributed by atoms with Gasteiger partial charge in [-0.3, -0.25) is 0 Å². The Morgan fingerprint density at radius 1 is 1.25 bits per heavy atom. The Balaban J connectivity index is 1.63. The van der Waals surface area contributed by atoms with E-state index >= 15 is 0 Å². The Kier molecular flexibility index (Phi) is 4.50. The largest absolute Gasteiger partial charge is 0.454 e. The van der Waals surface area contributed by atoms with Crippen molar-refractivity contribution in [1.29, 1.82) is 5.26 Å². The van der Waals surface area contributed by atoms with Crippen molar-refractivity contribution in [3.8, 4) is 11.8 Å². The van der Waals surface area contributed by atoms with Gasteiger partial charge in [-0.05, 0) is 36.4 Å². The monoisotopic (exact) mass is 339 g/mol. The maximum absolute atomic E-state index is 11.9. The zero-order chi connectivity index (χ0) is 16.9. The molecule has 0 saturated carbocycles. The highest BCUT2D eigenvalue weighted by atomic mass is 35.5. The normalized spacial score (nSPS) is 10.2. The molecule has 0 saturated heterocycles. The molecule has 1 aromatic carbocycles. The molecule has 3 rings (SSSR count). The first kappa shape index (κ1) is 15.6. The van der Waals surface area contributed by atoms with Gasteiger partial charge < -0.3 is 4.74 Å². The molecule has 0 aliphatic heterocycles. The van der Waals surface area contributed by atoms with E-state index in [9.17, 15) is 4.79 Å². The Bertz CT molecular complexity index is 897. The first-order chi connectivity index (χ1) is 11.7. The van der Waals surface area contributed by atoms with Gasteiger partial charge in [0.15, 0.2) is 0 Å². The molecule has 0 spiro atoms. The summed E-state index contributed by atoms with van der Waals surface area (Å²) in [5, 5.41) is 17.2. The van der Waals surface area contributed by atoms with Crippen molar-refractivity contribution in [3.05, 3.63) is 70.8 Å². The quantitative estimate of drug-likeness (QED) is 0.678. The minimum atomic E-state index is -0.597. The van der Waals surface area contributed by atoms with Crippen LogP contribution < -0.4 is 0 Å². The van der Waals surface area contributed by atoms with Crippen LogP contribution in [0.2, 0.25) is 5.02 Å². The number of carbonyl (C=O) groups excluding carboxylic acids is 1. The smallest absolute Gasteiger partial charge is 0.357 e. The molecular weight excluding hydrogens is 330 g/mol. The van der Waals surface area contributed by atoms with E-state index in [-0.39, 0.29) is 12.3 Å². The van der Waals surface area contributed by atoms with Crippen molar-refractivity contribution in [2.75, 3.05) is 0 Å². The first-order valence-corrected chi connectivity index (χ1v) is 7.24. The van der Waals surface area contributed by atoms with Crippen LogP contribution in [0.1, 0.15) is 21.7 Å². The van der Waals surface area contributed by atoms with Crippen LogP contribution in [0.3, 0.4) is 0 Å². The number of carbonyl (C=O) groups is 1. The van der Waals surface area contributed by atoms with Gasteiger partial charge in [0.2, 0.25) is 0 Å². The number of ether oxygens (including phenoxy) is 1. The van der Waals surface area contributed by atoms with Crippen LogP contribution in [0.5, 0.6) is 0 Å². The number of hydrogen-bond donors (Lipinski definition) is 0. The highest BCUT2D eigenvalue weighted by Gasteiger charge is 2.11. The Hall–Kier alpha value is -3.24. The zero-order valence-electron chi connectivity index (χ0n) is 12.3. The summed E-state index contributed by atoms with van der Waals surface area (Å²) in [5.41, 5.74) is 1.78. The molecule has 0 fully saturated rings. The highest BCUT2D eigenvalue weighted by Crippen LogP contribution is 2.13. The second kappa shape index (κ2) is 6.89. The number of hydrogen-bond acceptors (Lipinski definition) is 6. The van der Waals surface area contributed by atoms with E-state index in [0.29, 0.717) is 16.3 Å². The second-order valence-electron chi connectivity index (χ2n) is 4.75. The lowest BCUT2D eigenvalue weighted by Gasteiger charge is -2.01. The Morgan fingerprint density at radius 2 is 2.04 bits per heavy atom. The van der Waals surface area contributed by atoms with E-state index in [2.05, 4.69) is 15.3 Å². The molecule has 0 aliphatic rings. The third kappa shape index (κ3) is 3.56. The lowest BCUT2D eigenvalue weighted by atomic mass is 10.3. The second-order valence-corrected chi connectivity index (χ2v) is 5.19. The van der Waals surface area contributed by atoms with Gasteiger partial charge in [0.05, 0.1) is 17.4 Å². The zero-order valence-corrected chi connectivity index (χ0v) is 13.0. The minimum absolute atomic E-state index is 0.0336.